The number of fused-ring (bicyclic) bond motifs is 1. The second-order valence-electron chi connectivity index (χ2n) is 6.63. The van der Waals surface area contributed by atoms with Crippen LogP contribution in [0.1, 0.15) is 11.8 Å². The predicted molar refractivity (Wildman–Crippen MR) is 120 cm³/mol. The Morgan fingerprint density at radius 1 is 1.23 bits per heavy atom. The van der Waals surface area contributed by atoms with Gasteiger partial charge in [-0.05, 0) is 36.6 Å². The van der Waals surface area contributed by atoms with E-state index in [0.717, 1.165) is 27.6 Å². The summed E-state index contributed by atoms with van der Waals surface area (Å²) in [6.45, 7) is 4.18. The van der Waals surface area contributed by atoms with E-state index in [0.29, 0.717) is 31.5 Å². The van der Waals surface area contributed by atoms with Crippen LogP contribution in [-0.2, 0) is 17.9 Å². The number of thiophene rings is 1. The number of hydrogen-bond acceptors (Lipinski definition) is 7. The van der Waals surface area contributed by atoms with E-state index in [1.807, 2.05) is 47.2 Å². The number of amides is 3. The van der Waals surface area contributed by atoms with Gasteiger partial charge < -0.3 is 19.4 Å². The van der Waals surface area contributed by atoms with Crippen molar-refractivity contribution in [3.8, 4) is 22.8 Å². The maximum absolute atomic E-state index is 12.2. The van der Waals surface area contributed by atoms with Crippen LogP contribution >= 0.6 is 23.1 Å². The number of benzene rings is 1. The Morgan fingerprint density at radius 3 is 2.84 bits per heavy atom. The number of imide groups is 1. The number of ether oxygens (including phenoxy) is 2. The molecule has 0 saturated heterocycles. The van der Waals surface area contributed by atoms with Crippen LogP contribution in [0.5, 0.6) is 11.5 Å². The van der Waals surface area contributed by atoms with Crippen molar-refractivity contribution in [2.24, 2.45) is 0 Å². The highest BCUT2D eigenvalue weighted by Gasteiger charge is 2.17. The first-order valence-electron chi connectivity index (χ1n) is 9.82. The third-order valence-corrected chi connectivity index (χ3v) is 6.43. The lowest BCUT2D eigenvalue weighted by molar-refractivity contribution is -0.117. The Balaban J connectivity index is 1.35. The van der Waals surface area contributed by atoms with Crippen molar-refractivity contribution in [3.63, 3.8) is 0 Å². The van der Waals surface area contributed by atoms with Gasteiger partial charge in [-0.1, -0.05) is 17.8 Å². The maximum Gasteiger partial charge on any atom is 0.321 e. The first-order valence-corrected chi connectivity index (χ1v) is 11.7. The molecule has 2 N–H and O–H groups in total. The minimum absolute atomic E-state index is 0.0873. The van der Waals surface area contributed by atoms with Crippen molar-refractivity contribution < 1.29 is 19.1 Å². The lowest BCUT2D eigenvalue weighted by Gasteiger charge is -2.19. The first-order chi connectivity index (χ1) is 15.1. The molecule has 3 heterocycles. The molecule has 31 heavy (non-hydrogen) atoms. The van der Waals surface area contributed by atoms with Crippen LogP contribution in [0, 0.1) is 0 Å². The van der Waals surface area contributed by atoms with Gasteiger partial charge in [-0.15, -0.1) is 11.3 Å². The number of nitrogens with one attached hydrogen (secondary N) is 2. The van der Waals surface area contributed by atoms with Gasteiger partial charge in [-0.2, -0.15) is 0 Å². The third kappa shape index (κ3) is 5.20. The van der Waals surface area contributed by atoms with Crippen molar-refractivity contribution in [3.05, 3.63) is 46.8 Å². The number of hydrogen-bond donors (Lipinski definition) is 2. The molecule has 1 aromatic carbocycles. The Labute approximate surface area is 188 Å². The van der Waals surface area contributed by atoms with Gasteiger partial charge in [0.1, 0.15) is 13.2 Å². The number of aromatic nitrogens is 2. The topological polar surface area (TPSA) is 94.5 Å². The highest BCUT2D eigenvalue weighted by molar-refractivity contribution is 7.99. The molecule has 0 atom stereocenters. The van der Waals surface area contributed by atoms with Gasteiger partial charge in [0.25, 0.3) is 0 Å². The summed E-state index contributed by atoms with van der Waals surface area (Å²) in [7, 11) is 0. The van der Waals surface area contributed by atoms with Crippen LogP contribution in [0.3, 0.4) is 0 Å². The fourth-order valence-corrected chi connectivity index (χ4v) is 4.62. The standard InChI is InChI=1S/C21H22N4O4S2/c1-2-25-16(14-5-6-17-18(10-14)29-8-7-28-17)12-23-21(25)31-13-19(26)24-20(27)22-11-15-4-3-9-30-15/h3-6,9-10,12H,2,7-8,11,13H2,1H3,(H2,22,24,26,27). The highest BCUT2D eigenvalue weighted by atomic mass is 32.2. The first kappa shape index (κ1) is 21.3. The Kier molecular flexibility index (Phi) is 6.78. The van der Waals surface area contributed by atoms with Gasteiger partial charge in [0.05, 0.1) is 24.2 Å². The van der Waals surface area contributed by atoms with Gasteiger partial charge in [0.15, 0.2) is 16.7 Å². The van der Waals surface area contributed by atoms with Crippen LogP contribution in [0.2, 0.25) is 0 Å². The summed E-state index contributed by atoms with van der Waals surface area (Å²) < 4.78 is 13.3. The van der Waals surface area contributed by atoms with Gasteiger partial charge >= 0.3 is 6.03 Å². The summed E-state index contributed by atoms with van der Waals surface area (Å²) >= 11 is 2.83. The van der Waals surface area contributed by atoms with E-state index in [1.165, 1.54) is 11.8 Å². The minimum atomic E-state index is -0.505. The molecule has 162 valence electrons. The summed E-state index contributed by atoms with van der Waals surface area (Å²) in [6, 6.07) is 9.14. The number of carbonyl (C=O) groups is 2. The molecule has 1 aliphatic heterocycles. The average molecular weight is 459 g/mol. The Bertz CT molecular complexity index is 1070. The molecule has 3 aromatic rings. The number of carbonyl (C=O) groups excluding carboxylic acids is 2. The molecule has 0 fully saturated rings. The van der Waals surface area contributed by atoms with E-state index in [1.54, 1.807) is 17.5 Å². The predicted octanol–water partition coefficient (Wildman–Crippen LogP) is 3.52. The van der Waals surface area contributed by atoms with Crippen LogP contribution in [0.25, 0.3) is 11.3 Å². The molecule has 2 aromatic heterocycles. The number of rotatable bonds is 7. The number of thioether (sulfide) groups is 1. The molecule has 0 saturated carbocycles. The van der Waals surface area contributed by atoms with E-state index < -0.39 is 6.03 Å². The molecule has 10 heteroatoms. The molecule has 1 aliphatic rings. The molecular weight excluding hydrogens is 436 g/mol. The van der Waals surface area contributed by atoms with E-state index in [9.17, 15) is 9.59 Å². The van der Waals surface area contributed by atoms with E-state index in [4.69, 9.17) is 9.47 Å². The van der Waals surface area contributed by atoms with Crippen LogP contribution in [0.15, 0.2) is 47.1 Å². The summed E-state index contributed by atoms with van der Waals surface area (Å²) in [4.78, 5) is 29.6. The fourth-order valence-electron chi connectivity index (χ4n) is 3.13. The summed E-state index contributed by atoms with van der Waals surface area (Å²) in [5.41, 5.74) is 1.89. The molecule has 0 radical (unpaired) electrons. The van der Waals surface area contributed by atoms with Gasteiger partial charge in [-0.25, -0.2) is 9.78 Å². The van der Waals surface area contributed by atoms with Crippen LogP contribution in [-0.4, -0.2) is 40.5 Å². The fraction of sp³-hybridized carbons (Fsp3) is 0.286. The Hall–Kier alpha value is -2.98. The van der Waals surface area contributed by atoms with Crippen molar-refractivity contribution in [1.82, 2.24) is 20.2 Å². The highest BCUT2D eigenvalue weighted by Crippen LogP contribution is 2.35. The molecule has 0 unspecified atom stereocenters. The van der Waals surface area contributed by atoms with Crippen molar-refractivity contribution in [2.45, 2.75) is 25.2 Å². The molecule has 0 bridgehead atoms. The zero-order valence-electron chi connectivity index (χ0n) is 16.9. The van der Waals surface area contributed by atoms with E-state index in [-0.39, 0.29) is 11.7 Å². The molecule has 0 aliphatic carbocycles. The summed E-state index contributed by atoms with van der Waals surface area (Å²) in [6.07, 6.45) is 1.78. The van der Waals surface area contributed by atoms with Gasteiger partial charge in [0.2, 0.25) is 5.91 Å². The number of nitrogens with zero attached hydrogens (tertiary/aromatic N) is 2. The molecule has 4 rings (SSSR count). The quantitative estimate of drug-likeness (QED) is 0.526. The number of imidazole rings is 1. The smallest absolute Gasteiger partial charge is 0.321 e. The van der Waals surface area contributed by atoms with E-state index >= 15 is 0 Å². The normalized spacial score (nSPS) is 12.4. The van der Waals surface area contributed by atoms with Crippen molar-refractivity contribution in [2.75, 3.05) is 19.0 Å². The monoisotopic (exact) mass is 458 g/mol. The zero-order valence-corrected chi connectivity index (χ0v) is 18.6. The van der Waals surface area contributed by atoms with Crippen molar-refractivity contribution in [1.29, 1.82) is 0 Å². The third-order valence-electron chi connectivity index (χ3n) is 4.56. The zero-order chi connectivity index (χ0) is 21.6. The maximum atomic E-state index is 12.2. The van der Waals surface area contributed by atoms with Crippen LogP contribution in [0.4, 0.5) is 4.79 Å². The molecular formula is C21H22N4O4S2. The van der Waals surface area contributed by atoms with Crippen LogP contribution < -0.4 is 20.1 Å². The minimum Gasteiger partial charge on any atom is -0.486 e. The largest absolute Gasteiger partial charge is 0.486 e. The second kappa shape index (κ2) is 9.88. The molecule has 3 amide bonds. The summed E-state index contributed by atoms with van der Waals surface area (Å²) in [5.74, 6) is 1.17. The van der Waals surface area contributed by atoms with Gasteiger partial charge in [0, 0.05) is 17.0 Å². The molecule has 8 nitrogen and oxygen atoms in total. The van der Waals surface area contributed by atoms with Gasteiger partial charge in [-0.3, -0.25) is 10.1 Å². The SMILES string of the molecule is CCn1c(-c2ccc3c(c2)OCCO3)cnc1SCC(=O)NC(=O)NCc1cccs1. The number of urea groups is 1. The van der Waals surface area contributed by atoms with Crippen molar-refractivity contribution >= 4 is 35.0 Å². The van der Waals surface area contributed by atoms with E-state index in [2.05, 4.69) is 15.6 Å². The second-order valence-corrected chi connectivity index (χ2v) is 8.60. The Morgan fingerprint density at radius 2 is 2.06 bits per heavy atom. The lowest BCUT2D eigenvalue weighted by atomic mass is 10.1. The average Bonchev–Trinajstić information content (AvgIpc) is 3.45. The lowest BCUT2D eigenvalue weighted by Crippen LogP contribution is -2.39. The molecule has 0 spiro atoms. The summed E-state index contributed by atoms with van der Waals surface area (Å²) in [5, 5.41) is 7.67.